The van der Waals surface area contributed by atoms with Crippen molar-refractivity contribution in [3.05, 3.63) is 179 Å². The van der Waals surface area contributed by atoms with Crippen LogP contribution in [-0.4, -0.2) is 100 Å². The molecule has 2 amide bonds. The number of hydrogen-bond acceptors (Lipinski definition) is 16. The molecule has 2 heterocycles. The molecule has 8 aromatic carbocycles. The zero-order valence-electron chi connectivity index (χ0n) is 53.5. The van der Waals surface area contributed by atoms with E-state index in [1.54, 1.807) is 92.6 Å². The van der Waals surface area contributed by atoms with Gasteiger partial charge in [0.05, 0.1) is 30.3 Å². The van der Waals surface area contributed by atoms with E-state index in [0.29, 0.717) is 21.9 Å². The summed E-state index contributed by atoms with van der Waals surface area (Å²) in [5.41, 5.74) is 16.1. The van der Waals surface area contributed by atoms with Crippen LogP contribution in [0.4, 0.5) is 41.9 Å². The maximum atomic E-state index is 11.9. The number of nitrogens with one attached hydrogen (secondary N) is 2. The predicted octanol–water partition coefficient (Wildman–Crippen LogP) is 19.4. The molecule has 0 aliphatic carbocycles. The van der Waals surface area contributed by atoms with Gasteiger partial charge in [-0.15, -0.1) is 0 Å². The Labute approximate surface area is 586 Å². The fraction of sp³-hybridized carbons (Fsp3) is 0.347. The van der Waals surface area contributed by atoms with Crippen LogP contribution < -0.4 is 27.6 Å². The monoisotopic (exact) mass is 1450 g/mol. The second-order valence-corrected chi connectivity index (χ2v) is 26.6. The number of rotatable bonds is 6. The Morgan fingerprint density at radius 3 is 1.29 bits per heavy atom. The van der Waals surface area contributed by atoms with Crippen LogP contribution in [0.3, 0.4) is 0 Å². The molecule has 1 aliphatic rings. The molecule has 1 aromatic heterocycles. The summed E-state index contributed by atoms with van der Waals surface area (Å²) in [6.07, 6.45) is -1.15. The lowest BCUT2D eigenvalue weighted by molar-refractivity contribution is -0.0294. The largest absolute Gasteiger partial charge is 0.519 e. The predicted molar refractivity (Wildman–Crippen MR) is 406 cm³/mol. The van der Waals surface area contributed by atoms with Crippen molar-refractivity contribution in [3.8, 4) is 11.1 Å². The number of pyridine rings is 1. The van der Waals surface area contributed by atoms with Crippen molar-refractivity contribution in [2.24, 2.45) is 0 Å². The van der Waals surface area contributed by atoms with Crippen molar-refractivity contribution in [3.63, 3.8) is 0 Å². The second kappa shape index (κ2) is 38.4. The van der Waals surface area contributed by atoms with Crippen LogP contribution in [-0.2, 0) is 35.0 Å². The lowest BCUT2D eigenvalue weighted by Crippen LogP contribution is -2.35. The average molecular weight is 1450 g/mol. The topological polar surface area (TPSA) is 256 Å². The van der Waals surface area contributed by atoms with Crippen molar-refractivity contribution >= 4 is 135 Å². The molecule has 0 unspecified atom stereocenters. The summed E-state index contributed by atoms with van der Waals surface area (Å²) in [7, 11) is -1.56. The van der Waals surface area contributed by atoms with Crippen molar-refractivity contribution in [1.29, 1.82) is 0 Å². The van der Waals surface area contributed by atoms with Crippen molar-refractivity contribution in [2.75, 3.05) is 48.4 Å². The molecule has 96 heavy (non-hydrogen) atoms. The number of carbonyl (C=O) groups excluding carboxylic acids is 4. The smallest absolute Gasteiger partial charge is 0.444 e. The second-order valence-electron chi connectivity index (χ2n) is 24.9. The van der Waals surface area contributed by atoms with Gasteiger partial charge in [-0.1, -0.05) is 184 Å². The summed E-state index contributed by atoms with van der Waals surface area (Å²) in [5.74, 6) is 0. The Morgan fingerprint density at radius 1 is 0.490 bits per heavy atom. The van der Waals surface area contributed by atoms with Crippen LogP contribution in [0.25, 0.3) is 54.2 Å². The highest BCUT2D eigenvalue weighted by Crippen LogP contribution is 2.33. The SMILES string of the molecule is C.C.C.C.C.CC(C)(C)OC(=O)Nc1ccc(B(O)O)c2ccccc12.CC(C)(C)OC(=O)Nc1ccc(Br)c2ccccc12.CC(C)(C)OC(=O)OC(=O)OC(C)(C)C.Nc1ccc(-c2ccc(CN3CCOCC3)nc2)c2ccccc12.Nc1ccc(Br)c2ccccc12. The highest BCUT2D eigenvalue weighted by molar-refractivity contribution is 9.11. The van der Waals surface area contributed by atoms with Crippen LogP contribution in [0, 0.1) is 0 Å². The molecular weight excluding hydrogens is 1350 g/mol. The fourth-order valence-corrected chi connectivity index (χ4v) is 9.95. The molecular formula is C75H101BBr2N6O12. The van der Waals surface area contributed by atoms with E-state index in [1.165, 1.54) is 10.9 Å². The Hall–Kier alpha value is -8.31. The first-order valence-electron chi connectivity index (χ1n) is 29.4. The highest BCUT2D eigenvalue weighted by atomic mass is 79.9. The zero-order chi connectivity index (χ0) is 66.8. The van der Waals surface area contributed by atoms with Gasteiger partial charge in [0.25, 0.3) is 0 Å². The van der Waals surface area contributed by atoms with Gasteiger partial charge in [-0.25, -0.2) is 19.2 Å². The number of nitrogen functional groups attached to an aromatic ring is 2. The molecule has 8 N–H and O–H groups in total. The Bertz CT molecular complexity index is 3890. The standard InChI is InChI=1S/C20H21N3O.C15H18BNO4.C15H16BrNO2.C10H8BrN.C10H18O5.5CH4/c21-20-8-7-17(18-3-1-2-4-19(18)20)15-5-6-16(22-13-15)14-23-9-11-24-12-10-23;1-15(2,3)21-14(18)17-13-9-8-12(16(19)20)10-6-4-5-7-11(10)13;1-15(2,3)19-14(18)17-13-9-8-12(16)10-6-4-5-7-11(10)13;11-9-5-6-10(12)8-4-2-1-3-7(8)9;1-9(2,3)14-7(11)13-8(12)15-10(4,5)6;;;;;/h1-8,13H,9-12,14,21H2;4-9,19-20H,1-3H3,(H,17,18);4-9H,1-3H3,(H,17,18);1-6H,12H2;1-6H3;5*1H4. The van der Waals surface area contributed by atoms with Crippen molar-refractivity contribution in [1.82, 2.24) is 9.88 Å². The lowest BCUT2D eigenvalue weighted by atomic mass is 9.77. The molecule has 0 bridgehead atoms. The average Bonchev–Trinajstić information content (AvgIpc) is 0.813. The molecule has 0 saturated carbocycles. The number of anilines is 4. The zero-order valence-corrected chi connectivity index (χ0v) is 56.7. The van der Waals surface area contributed by atoms with Crippen molar-refractivity contribution < 1.29 is 57.6 Å². The van der Waals surface area contributed by atoms with E-state index in [4.69, 9.17) is 35.2 Å². The number of fused-ring (bicyclic) bond motifs is 4. The number of nitrogens with zero attached hydrogens (tertiary/aromatic N) is 2. The van der Waals surface area contributed by atoms with Gasteiger partial charge >= 0.3 is 31.6 Å². The van der Waals surface area contributed by atoms with E-state index < -0.39 is 54.0 Å². The Morgan fingerprint density at radius 2 is 0.865 bits per heavy atom. The number of ether oxygens (including phenoxy) is 6. The van der Waals surface area contributed by atoms with E-state index >= 15 is 0 Å². The van der Waals surface area contributed by atoms with Gasteiger partial charge in [0.1, 0.15) is 22.4 Å². The van der Waals surface area contributed by atoms with E-state index in [0.717, 1.165) is 97.0 Å². The molecule has 0 radical (unpaired) electrons. The van der Waals surface area contributed by atoms with Crippen molar-refractivity contribution in [2.45, 2.75) is 149 Å². The van der Waals surface area contributed by atoms with E-state index in [2.05, 4.69) is 93.5 Å². The fourth-order valence-electron chi connectivity index (χ4n) is 8.99. The third-order valence-corrected chi connectivity index (χ3v) is 14.2. The molecule has 1 saturated heterocycles. The molecule has 9 aromatic rings. The Balaban J connectivity index is 0.000000603. The minimum absolute atomic E-state index is 0. The number of nitrogens with two attached hydrogens (primary N) is 2. The summed E-state index contributed by atoms with van der Waals surface area (Å²) < 4.78 is 31.8. The van der Waals surface area contributed by atoms with E-state index in [9.17, 15) is 29.2 Å². The molecule has 21 heteroatoms. The molecule has 1 aliphatic heterocycles. The van der Waals surface area contributed by atoms with Gasteiger partial charge in [0.15, 0.2) is 0 Å². The minimum Gasteiger partial charge on any atom is -0.444 e. The van der Waals surface area contributed by atoms with Gasteiger partial charge in [0, 0.05) is 73.3 Å². The van der Waals surface area contributed by atoms with E-state index in [1.807, 2.05) is 118 Å². The highest BCUT2D eigenvalue weighted by Gasteiger charge is 2.25. The first-order chi connectivity index (χ1) is 42.7. The summed E-state index contributed by atoms with van der Waals surface area (Å²) in [5, 5.41) is 32.2. The summed E-state index contributed by atoms with van der Waals surface area (Å²) in [6.45, 7) is 25.4. The molecule has 10 rings (SSSR count). The quantitative estimate of drug-likeness (QED) is 0.0297. The molecule has 520 valence electrons. The van der Waals surface area contributed by atoms with Crippen LogP contribution >= 0.6 is 31.9 Å². The molecule has 1 fully saturated rings. The molecule has 0 spiro atoms. The van der Waals surface area contributed by atoms with E-state index in [-0.39, 0.29) is 37.1 Å². The summed E-state index contributed by atoms with van der Waals surface area (Å²) >= 11 is 6.98. The third-order valence-electron chi connectivity index (χ3n) is 12.8. The lowest BCUT2D eigenvalue weighted by Gasteiger charge is -2.26. The summed E-state index contributed by atoms with van der Waals surface area (Å²) in [6, 6.07) is 50.5. The number of morpholine rings is 1. The first kappa shape index (κ1) is 85.7. The maximum absolute atomic E-state index is 11.9. The minimum atomic E-state index is -1.56. The number of amides is 2. The first-order valence-corrected chi connectivity index (χ1v) is 31.0. The Kier molecular flexibility index (Phi) is 34.3. The number of aromatic nitrogens is 1. The molecule has 0 atom stereocenters. The maximum Gasteiger partial charge on any atom is 0.519 e. The molecule has 18 nitrogen and oxygen atoms in total. The van der Waals surface area contributed by atoms with Gasteiger partial charge in [-0.3, -0.25) is 20.5 Å². The van der Waals surface area contributed by atoms with Gasteiger partial charge in [-0.2, -0.15) is 0 Å². The number of hydrogen-bond donors (Lipinski definition) is 6. The number of halogens is 2. The third kappa shape index (κ3) is 27.4. The summed E-state index contributed by atoms with van der Waals surface area (Å²) in [4.78, 5) is 52.7. The van der Waals surface area contributed by atoms with Crippen LogP contribution in [0.2, 0.25) is 0 Å². The van der Waals surface area contributed by atoms with Crippen LogP contribution in [0.5, 0.6) is 0 Å². The number of carbonyl (C=O) groups is 4. The normalized spacial score (nSPS) is 11.8. The van der Waals surface area contributed by atoms with Crippen LogP contribution in [0.15, 0.2) is 173 Å². The van der Waals surface area contributed by atoms with Gasteiger partial charge in [0.2, 0.25) is 0 Å². The number of benzene rings is 8. The van der Waals surface area contributed by atoms with Crippen LogP contribution in [0.1, 0.15) is 126 Å². The van der Waals surface area contributed by atoms with Gasteiger partial charge < -0.3 is 49.9 Å². The van der Waals surface area contributed by atoms with Gasteiger partial charge in [-0.05, 0) is 158 Å².